The van der Waals surface area contributed by atoms with Crippen LogP contribution in [-0.4, -0.2) is 26.1 Å². The molecule has 4 fully saturated rings. The number of methoxy groups -OCH3 is 1. The van der Waals surface area contributed by atoms with Crippen molar-refractivity contribution in [3.05, 3.63) is 39.9 Å². The van der Waals surface area contributed by atoms with Gasteiger partial charge < -0.3 is 4.74 Å². The van der Waals surface area contributed by atoms with Gasteiger partial charge in [0.15, 0.2) is 5.13 Å². The molecule has 4 aliphatic rings. The molecule has 8 heteroatoms. The molecule has 2 unspecified atom stereocenters. The van der Waals surface area contributed by atoms with Crippen molar-refractivity contribution in [2.24, 2.45) is 11.8 Å². The number of sulfonamides is 1. The molecule has 0 saturated heterocycles. The second-order valence-electron chi connectivity index (χ2n) is 9.13. The standard InChI is InChI=1S/C21H25ClN2O3S2/c1-13-16(22)4-3-5-17(13)29(25,26)24-19-23-18(11-28-19)20-7-14-6-15(8-20)10-21(9-14,12-20)27-2/h3-5,11,14-15H,6-10,12H2,1-2H3,(H,23,24). The van der Waals surface area contributed by atoms with Crippen LogP contribution in [0.1, 0.15) is 49.8 Å². The first-order chi connectivity index (χ1) is 13.7. The van der Waals surface area contributed by atoms with Crippen LogP contribution in [0.4, 0.5) is 5.13 Å². The molecule has 0 spiro atoms. The van der Waals surface area contributed by atoms with Crippen LogP contribution in [0.5, 0.6) is 0 Å². The van der Waals surface area contributed by atoms with Crippen LogP contribution in [0, 0.1) is 18.8 Å². The Morgan fingerprint density at radius 3 is 2.66 bits per heavy atom. The molecule has 1 heterocycles. The van der Waals surface area contributed by atoms with Gasteiger partial charge in [0.1, 0.15) is 0 Å². The lowest BCUT2D eigenvalue weighted by atomic mass is 9.47. The maximum absolute atomic E-state index is 12.9. The summed E-state index contributed by atoms with van der Waals surface area (Å²) in [5.74, 6) is 1.37. The van der Waals surface area contributed by atoms with Gasteiger partial charge in [0.05, 0.1) is 16.2 Å². The smallest absolute Gasteiger partial charge is 0.263 e. The number of rotatable bonds is 5. The van der Waals surface area contributed by atoms with Crippen molar-refractivity contribution in [3.8, 4) is 0 Å². The lowest BCUT2D eigenvalue weighted by Crippen LogP contribution is -2.58. The second kappa shape index (κ2) is 6.67. The minimum atomic E-state index is -3.74. The third-order valence-corrected chi connectivity index (χ3v) is 10.00. The summed E-state index contributed by atoms with van der Waals surface area (Å²) >= 11 is 7.47. The molecule has 2 atom stereocenters. The quantitative estimate of drug-likeness (QED) is 0.681. The number of nitrogens with zero attached hydrogens (tertiary/aromatic N) is 1. The van der Waals surface area contributed by atoms with Gasteiger partial charge in [-0.1, -0.05) is 17.7 Å². The Bertz CT molecular complexity index is 1050. The normalized spacial score (nSPS) is 33.2. The van der Waals surface area contributed by atoms with E-state index in [2.05, 4.69) is 4.72 Å². The third-order valence-electron chi connectivity index (χ3n) is 7.22. The summed E-state index contributed by atoms with van der Waals surface area (Å²) in [5.41, 5.74) is 1.57. The van der Waals surface area contributed by atoms with Crippen molar-refractivity contribution in [2.75, 3.05) is 11.8 Å². The Hall–Kier alpha value is -1.15. The van der Waals surface area contributed by atoms with E-state index in [1.807, 2.05) is 12.5 Å². The van der Waals surface area contributed by atoms with E-state index in [1.165, 1.54) is 17.8 Å². The molecule has 1 N–H and O–H groups in total. The summed E-state index contributed by atoms with van der Waals surface area (Å²) < 4.78 is 34.5. The number of hydrogen-bond donors (Lipinski definition) is 1. The van der Waals surface area contributed by atoms with Crippen LogP contribution in [0.15, 0.2) is 28.5 Å². The number of halogens is 1. The van der Waals surface area contributed by atoms with Crippen LogP contribution in [0.3, 0.4) is 0 Å². The Kier molecular flexibility index (Phi) is 4.55. The molecule has 4 saturated carbocycles. The van der Waals surface area contributed by atoms with E-state index < -0.39 is 10.0 Å². The van der Waals surface area contributed by atoms with Crippen LogP contribution in [0.25, 0.3) is 0 Å². The SMILES string of the molecule is COC12CC3CC(C1)CC(c1csc(NS(=O)(=O)c4cccc(Cl)c4C)n1)(C3)C2. The van der Waals surface area contributed by atoms with Gasteiger partial charge in [-0.2, -0.15) is 0 Å². The summed E-state index contributed by atoms with van der Waals surface area (Å²) in [4.78, 5) is 4.96. The minimum Gasteiger partial charge on any atom is -0.378 e. The van der Waals surface area contributed by atoms with Gasteiger partial charge in [-0.25, -0.2) is 13.4 Å². The van der Waals surface area contributed by atoms with Crippen molar-refractivity contribution < 1.29 is 13.2 Å². The first kappa shape index (κ1) is 19.8. The molecule has 6 rings (SSSR count). The van der Waals surface area contributed by atoms with Crippen molar-refractivity contribution in [3.63, 3.8) is 0 Å². The molecule has 29 heavy (non-hydrogen) atoms. The number of benzene rings is 1. The van der Waals surface area contributed by atoms with E-state index in [4.69, 9.17) is 21.3 Å². The highest BCUT2D eigenvalue weighted by molar-refractivity contribution is 7.93. The Morgan fingerprint density at radius 2 is 1.97 bits per heavy atom. The number of ether oxygens (including phenoxy) is 1. The number of nitrogens with one attached hydrogen (secondary N) is 1. The lowest BCUT2D eigenvalue weighted by Gasteiger charge is -2.61. The molecular weight excluding hydrogens is 428 g/mol. The molecule has 0 aliphatic heterocycles. The largest absolute Gasteiger partial charge is 0.378 e. The van der Waals surface area contributed by atoms with E-state index in [-0.39, 0.29) is 15.9 Å². The fraction of sp³-hybridized carbons (Fsp3) is 0.571. The number of anilines is 1. The highest BCUT2D eigenvalue weighted by Gasteiger charge is 2.59. The number of thiazole rings is 1. The topological polar surface area (TPSA) is 68.3 Å². The predicted molar refractivity (Wildman–Crippen MR) is 115 cm³/mol. The van der Waals surface area contributed by atoms with Gasteiger partial charge in [-0.3, -0.25) is 4.72 Å². The van der Waals surface area contributed by atoms with E-state index in [0.29, 0.717) is 27.6 Å². The maximum Gasteiger partial charge on any atom is 0.263 e. The highest BCUT2D eigenvalue weighted by Crippen LogP contribution is 2.63. The third kappa shape index (κ3) is 3.21. The van der Waals surface area contributed by atoms with E-state index in [1.54, 1.807) is 25.1 Å². The Morgan fingerprint density at radius 1 is 1.24 bits per heavy atom. The first-order valence-corrected chi connectivity index (χ1v) is 12.8. The molecule has 2 aromatic rings. The van der Waals surface area contributed by atoms with Crippen molar-refractivity contribution in [1.29, 1.82) is 0 Å². The second-order valence-corrected chi connectivity index (χ2v) is 12.1. The van der Waals surface area contributed by atoms with Crippen molar-refractivity contribution >= 4 is 38.1 Å². The van der Waals surface area contributed by atoms with Gasteiger partial charge in [-0.05, 0) is 75.0 Å². The minimum absolute atomic E-state index is 0.0201. The average Bonchev–Trinajstić information content (AvgIpc) is 3.11. The van der Waals surface area contributed by atoms with Crippen LogP contribution in [-0.2, 0) is 20.2 Å². The molecule has 1 aromatic heterocycles. The van der Waals surface area contributed by atoms with Gasteiger partial charge in [-0.15, -0.1) is 11.3 Å². The summed E-state index contributed by atoms with van der Waals surface area (Å²) in [6, 6.07) is 4.91. The van der Waals surface area contributed by atoms with Crippen LogP contribution >= 0.6 is 22.9 Å². The fourth-order valence-electron chi connectivity index (χ4n) is 6.33. The fourth-order valence-corrected chi connectivity index (χ4v) is 8.92. The molecule has 0 radical (unpaired) electrons. The monoisotopic (exact) mass is 452 g/mol. The van der Waals surface area contributed by atoms with E-state index in [0.717, 1.165) is 37.8 Å². The summed E-state index contributed by atoms with van der Waals surface area (Å²) in [7, 11) is -1.90. The Balaban J connectivity index is 1.44. The number of hydrogen-bond acceptors (Lipinski definition) is 5. The van der Waals surface area contributed by atoms with Gasteiger partial charge in [0.2, 0.25) is 0 Å². The summed E-state index contributed by atoms with van der Waals surface area (Å²) in [6.07, 6.45) is 6.87. The molecular formula is C21H25ClN2O3S2. The maximum atomic E-state index is 12.9. The average molecular weight is 453 g/mol. The lowest BCUT2D eigenvalue weighted by molar-refractivity contribution is -0.157. The van der Waals surface area contributed by atoms with Crippen LogP contribution < -0.4 is 4.72 Å². The zero-order valence-electron chi connectivity index (χ0n) is 16.6. The van der Waals surface area contributed by atoms with Crippen molar-refractivity contribution in [1.82, 2.24) is 4.98 Å². The Labute approximate surface area is 180 Å². The molecule has 5 nitrogen and oxygen atoms in total. The molecule has 4 aliphatic carbocycles. The summed E-state index contributed by atoms with van der Waals surface area (Å²) in [6.45, 7) is 1.71. The first-order valence-electron chi connectivity index (χ1n) is 10.0. The predicted octanol–water partition coefficient (Wildman–Crippen LogP) is 5.14. The highest BCUT2D eigenvalue weighted by atomic mass is 35.5. The van der Waals surface area contributed by atoms with Gasteiger partial charge in [0.25, 0.3) is 10.0 Å². The zero-order valence-corrected chi connectivity index (χ0v) is 19.0. The van der Waals surface area contributed by atoms with Gasteiger partial charge >= 0.3 is 0 Å². The molecule has 4 bridgehead atoms. The van der Waals surface area contributed by atoms with Gasteiger partial charge in [0, 0.05) is 22.9 Å². The summed E-state index contributed by atoms with van der Waals surface area (Å²) in [5, 5.41) is 2.90. The van der Waals surface area contributed by atoms with E-state index >= 15 is 0 Å². The van der Waals surface area contributed by atoms with E-state index in [9.17, 15) is 8.42 Å². The van der Waals surface area contributed by atoms with Crippen LogP contribution in [0.2, 0.25) is 5.02 Å². The zero-order chi connectivity index (χ0) is 20.4. The molecule has 1 aromatic carbocycles. The van der Waals surface area contributed by atoms with Crippen molar-refractivity contribution in [2.45, 2.75) is 61.4 Å². The molecule has 156 valence electrons. The molecule has 0 amide bonds. The number of aromatic nitrogens is 1.